The third kappa shape index (κ3) is 9.39. The highest BCUT2D eigenvalue weighted by atomic mass is 127. The zero-order chi connectivity index (χ0) is 15.6. The van der Waals surface area contributed by atoms with Crippen molar-refractivity contribution in [2.75, 3.05) is 32.1 Å². The molecule has 0 saturated heterocycles. The molecule has 0 amide bonds. The number of nitrogens with zero attached hydrogens (tertiary/aromatic N) is 1. The summed E-state index contributed by atoms with van der Waals surface area (Å²) in [5.74, 6) is 3.03. The van der Waals surface area contributed by atoms with Gasteiger partial charge in [-0.05, 0) is 50.7 Å². The molecule has 2 atom stereocenters. The molecule has 0 aromatic carbocycles. The van der Waals surface area contributed by atoms with E-state index in [-0.39, 0.29) is 24.0 Å². The fraction of sp³-hybridized carbons (Fsp3) is 0.941. The summed E-state index contributed by atoms with van der Waals surface area (Å²) in [7, 11) is 0. The van der Waals surface area contributed by atoms with E-state index in [0.29, 0.717) is 6.04 Å². The van der Waals surface area contributed by atoms with Gasteiger partial charge in [0.1, 0.15) is 0 Å². The van der Waals surface area contributed by atoms with Crippen molar-refractivity contribution in [3.8, 4) is 0 Å². The summed E-state index contributed by atoms with van der Waals surface area (Å²) in [5, 5.41) is 7.81. The zero-order valence-corrected chi connectivity index (χ0v) is 17.8. The molecule has 2 aliphatic rings. The van der Waals surface area contributed by atoms with E-state index >= 15 is 0 Å². The van der Waals surface area contributed by atoms with Gasteiger partial charge in [0.15, 0.2) is 5.96 Å². The number of hydrogen-bond donors (Lipinski definition) is 2. The Morgan fingerprint density at radius 3 is 2.74 bits per heavy atom. The zero-order valence-electron chi connectivity index (χ0n) is 14.7. The summed E-state index contributed by atoms with van der Waals surface area (Å²) < 4.78 is 5.66. The van der Waals surface area contributed by atoms with E-state index in [1.54, 1.807) is 0 Å². The lowest BCUT2D eigenvalue weighted by molar-refractivity contribution is 0.131. The van der Waals surface area contributed by atoms with Crippen molar-refractivity contribution >= 4 is 41.7 Å². The predicted molar refractivity (Wildman–Crippen MR) is 112 cm³/mol. The highest BCUT2D eigenvalue weighted by molar-refractivity contribution is 14.0. The minimum atomic E-state index is 0. The number of hydrogen-bond acceptors (Lipinski definition) is 3. The molecule has 2 rings (SSSR count). The molecule has 0 aromatic rings. The van der Waals surface area contributed by atoms with Crippen LogP contribution in [0.4, 0.5) is 0 Å². The maximum atomic E-state index is 5.66. The van der Waals surface area contributed by atoms with E-state index in [1.165, 1.54) is 44.3 Å². The lowest BCUT2D eigenvalue weighted by Crippen LogP contribution is -2.45. The Kier molecular flexibility index (Phi) is 11.7. The molecule has 2 fully saturated rings. The number of thioether (sulfide) groups is 1. The molecule has 6 heteroatoms. The van der Waals surface area contributed by atoms with Gasteiger partial charge in [0, 0.05) is 24.4 Å². The first-order valence-corrected chi connectivity index (χ1v) is 10.1. The average Bonchev–Trinajstić information content (AvgIpc) is 3.32. The van der Waals surface area contributed by atoms with Crippen LogP contribution >= 0.6 is 35.7 Å². The molecular weight excluding hydrogens is 421 g/mol. The maximum Gasteiger partial charge on any atom is 0.191 e. The van der Waals surface area contributed by atoms with Gasteiger partial charge in [-0.2, -0.15) is 11.8 Å². The summed E-state index contributed by atoms with van der Waals surface area (Å²) >= 11 is 2.11. The third-order valence-corrected chi connectivity index (χ3v) is 5.50. The fourth-order valence-electron chi connectivity index (χ4n) is 2.93. The van der Waals surface area contributed by atoms with E-state index in [9.17, 15) is 0 Å². The Labute approximate surface area is 163 Å². The maximum absolute atomic E-state index is 5.66. The van der Waals surface area contributed by atoms with Crippen molar-refractivity contribution in [2.45, 2.75) is 63.7 Å². The molecule has 136 valence electrons. The molecular formula is C17H34IN3OS. The molecule has 4 nitrogen and oxygen atoms in total. The Hall–Kier alpha value is 0.310. The Bertz CT molecular complexity index is 338. The highest BCUT2D eigenvalue weighted by Gasteiger charge is 2.22. The summed E-state index contributed by atoms with van der Waals surface area (Å²) in [4.78, 5) is 4.66. The van der Waals surface area contributed by atoms with Crippen molar-refractivity contribution in [1.29, 1.82) is 0 Å². The van der Waals surface area contributed by atoms with Crippen LogP contribution in [-0.2, 0) is 4.74 Å². The van der Waals surface area contributed by atoms with Crippen LogP contribution in [0.5, 0.6) is 0 Å². The molecule has 2 N–H and O–H groups in total. The Morgan fingerprint density at radius 1 is 1.22 bits per heavy atom. The minimum Gasteiger partial charge on any atom is -0.379 e. The molecule has 2 aliphatic carbocycles. The predicted octanol–water partition coefficient (Wildman–Crippen LogP) is 3.65. The lowest BCUT2D eigenvalue weighted by Gasteiger charge is -2.30. The van der Waals surface area contributed by atoms with Crippen LogP contribution in [0.3, 0.4) is 0 Å². The Balaban J connectivity index is 0.00000264. The number of rotatable bonds is 9. The monoisotopic (exact) mass is 455 g/mol. The van der Waals surface area contributed by atoms with E-state index in [2.05, 4.69) is 41.2 Å². The van der Waals surface area contributed by atoms with Gasteiger partial charge in [0.25, 0.3) is 0 Å². The Morgan fingerprint density at radius 2 is 2.04 bits per heavy atom. The molecule has 0 bridgehead atoms. The second-order valence-electron chi connectivity index (χ2n) is 6.36. The number of aliphatic imine (C=N–C) groups is 1. The second kappa shape index (κ2) is 12.6. The quantitative estimate of drug-likeness (QED) is 0.241. The smallest absolute Gasteiger partial charge is 0.191 e. The highest BCUT2D eigenvalue weighted by Crippen LogP contribution is 2.29. The number of guanidine groups is 1. The number of ether oxygens (including phenoxy) is 1. The first kappa shape index (κ1) is 21.4. The van der Waals surface area contributed by atoms with Crippen LogP contribution < -0.4 is 10.6 Å². The first-order chi connectivity index (χ1) is 10.8. The molecule has 0 aromatic heterocycles. The van der Waals surface area contributed by atoms with Gasteiger partial charge in [0.2, 0.25) is 0 Å². The fourth-order valence-corrected chi connectivity index (χ4v) is 4.11. The van der Waals surface area contributed by atoms with E-state index in [0.717, 1.165) is 43.4 Å². The van der Waals surface area contributed by atoms with Gasteiger partial charge in [0.05, 0.1) is 13.2 Å². The third-order valence-electron chi connectivity index (χ3n) is 4.27. The van der Waals surface area contributed by atoms with Crippen molar-refractivity contribution in [1.82, 2.24) is 10.6 Å². The molecule has 0 radical (unpaired) electrons. The molecule has 2 saturated carbocycles. The van der Waals surface area contributed by atoms with Crippen LogP contribution in [0.1, 0.15) is 52.4 Å². The molecule has 0 aliphatic heterocycles. The topological polar surface area (TPSA) is 45.7 Å². The van der Waals surface area contributed by atoms with Crippen LogP contribution in [0.2, 0.25) is 0 Å². The molecule has 23 heavy (non-hydrogen) atoms. The summed E-state index contributed by atoms with van der Waals surface area (Å²) in [6, 6.07) is 0.572. The summed E-state index contributed by atoms with van der Waals surface area (Å²) in [5.41, 5.74) is 0. The van der Waals surface area contributed by atoms with Gasteiger partial charge in [-0.3, -0.25) is 4.99 Å². The lowest BCUT2D eigenvalue weighted by atomic mass is 9.95. The second-order valence-corrected chi connectivity index (χ2v) is 7.94. The van der Waals surface area contributed by atoms with Crippen LogP contribution in [-0.4, -0.2) is 49.3 Å². The average molecular weight is 455 g/mol. The minimum absolute atomic E-state index is 0. The van der Waals surface area contributed by atoms with Crippen molar-refractivity contribution < 1.29 is 4.74 Å². The van der Waals surface area contributed by atoms with Crippen molar-refractivity contribution in [3.05, 3.63) is 0 Å². The van der Waals surface area contributed by atoms with E-state index in [4.69, 9.17) is 4.74 Å². The normalized spacial score (nSPS) is 24.9. The van der Waals surface area contributed by atoms with Gasteiger partial charge in [-0.15, -0.1) is 24.0 Å². The van der Waals surface area contributed by atoms with E-state index < -0.39 is 0 Å². The molecule has 0 spiro atoms. The SMILES string of the molecule is CCNC(=NCCOCC1CC1)NC1CCCC(SCC)C1.I. The number of nitrogens with one attached hydrogen (secondary N) is 2. The molecule has 2 unspecified atom stereocenters. The van der Waals surface area contributed by atoms with Gasteiger partial charge in [-0.1, -0.05) is 13.3 Å². The van der Waals surface area contributed by atoms with Gasteiger partial charge in [-0.25, -0.2) is 0 Å². The van der Waals surface area contributed by atoms with Crippen LogP contribution in [0.25, 0.3) is 0 Å². The summed E-state index contributed by atoms with van der Waals surface area (Å²) in [6.07, 6.45) is 7.95. The van der Waals surface area contributed by atoms with Crippen LogP contribution in [0.15, 0.2) is 4.99 Å². The van der Waals surface area contributed by atoms with Crippen LogP contribution in [0, 0.1) is 5.92 Å². The van der Waals surface area contributed by atoms with E-state index in [1.807, 2.05) is 0 Å². The van der Waals surface area contributed by atoms with Crippen molar-refractivity contribution in [2.24, 2.45) is 10.9 Å². The van der Waals surface area contributed by atoms with Crippen molar-refractivity contribution in [3.63, 3.8) is 0 Å². The standard InChI is InChI=1S/C17H33N3OS.HI/c1-3-18-17(19-10-11-21-13-14-8-9-14)20-15-6-5-7-16(12-15)22-4-2;/h14-16H,3-13H2,1-2H3,(H2,18,19,20);1H. The first-order valence-electron chi connectivity index (χ1n) is 9.06. The van der Waals surface area contributed by atoms with Gasteiger partial charge < -0.3 is 15.4 Å². The summed E-state index contributed by atoms with van der Waals surface area (Å²) in [6.45, 7) is 7.72. The largest absolute Gasteiger partial charge is 0.379 e. The molecule has 0 heterocycles. The number of halogens is 1. The van der Waals surface area contributed by atoms with Gasteiger partial charge >= 0.3 is 0 Å².